The minimum absolute atomic E-state index is 0.244. The third-order valence-electron chi connectivity index (χ3n) is 2.85. The van der Waals surface area contributed by atoms with Crippen molar-refractivity contribution >= 4 is 27.6 Å². The molecule has 0 saturated heterocycles. The number of benzene rings is 2. The molecule has 0 bridgehead atoms. The van der Waals surface area contributed by atoms with Gasteiger partial charge in [0.15, 0.2) is 0 Å². The fourth-order valence-electron chi connectivity index (χ4n) is 2.06. The SMILES string of the molecule is O=C(O)c1cccc2c1ncc1ccccc12. The van der Waals surface area contributed by atoms with E-state index in [4.69, 9.17) is 5.11 Å². The molecule has 1 aromatic heterocycles. The van der Waals surface area contributed by atoms with Crippen molar-refractivity contribution in [1.82, 2.24) is 4.98 Å². The van der Waals surface area contributed by atoms with Crippen LogP contribution in [0.5, 0.6) is 0 Å². The van der Waals surface area contributed by atoms with Crippen LogP contribution < -0.4 is 0 Å². The maximum Gasteiger partial charge on any atom is 0.337 e. The van der Waals surface area contributed by atoms with Crippen LogP contribution in [0.15, 0.2) is 48.7 Å². The topological polar surface area (TPSA) is 50.2 Å². The minimum Gasteiger partial charge on any atom is -0.478 e. The van der Waals surface area contributed by atoms with Crippen LogP contribution in [0.25, 0.3) is 21.7 Å². The van der Waals surface area contributed by atoms with Crippen LogP contribution in [0.2, 0.25) is 0 Å². The molecule has 0 spiro atoms. The van der Waals surface area contributed by atoms with Gasteiger partial charge in [0, 0.05) is 17.0 Å². The highest BCUT2D eigenvalue weighted by atomic mass is 16.4. The molecule has 0 aliphatic carbocycles. The van der Waals surface area contributed by atoms with Crippen molar-refractivity contribution in [2.45, 2.75) is 0 Å². The summed E-state index contributed by atoms with van der Waals surface area (Å²) in [6.45, 7) is 0. The predicted molar refractivity (Wildman–Crippen MR) is 66.2 cm³/mol. The molecule has 3 nitrogen and oxygen atoms in total. The summed E-state index contributed by atoms with van der Waals surface area (Å²) < 4.78 is 0. The number of carboxylic acids is 1. The average Bonchev–Trinajstić information content (AvgIpc) is 2.37. The lowest BCUT2D eigenvalue weighted by atomic mass is 10.0. The highest BCUT2D eigenvalue weighted by Crippen LogP contribution is 2.25. The molecule has 0 unspecified atom stereocenters. The number of hydrogen-bond acceptors (Lipinski definition) is 2. The van der Waals surface area contributed by atoms with Crippen molar-refractivity contribution in [2.24, 2.45) is 0 Å². The number of rotatable bonds is 1. The summed E-state index contributed by atoms with van der Waals surface area (Å²) >= 11 is 0. The highest BCUT2D eigenvalue weighted by Gasteiger charge is 2.10. The van der Waals surface area contributed by atoms with Crippen LogP contribution in [0.1, 0.15) is 10.4 Å². The molecule has 0 fully saturated rings. The maximum atomic E-state index is 11.1. The Morgan fingerprint density at radius 1 is 1.00 bits per heavy atom. The molecular formula is C14H9NO2. The van der Waals surface area contributed by atoms with Gasteiger partial charge < -0.3 is 5.11 Å². The van der Waals surface area contributed by atoms with E-state index in [2.05, 4.69) is 4.98 Å². The lowest BCUT2D eigenvalue weighted by molar-refractivity contribution is 0.0699. The lowest BCUT2D eigenvalue weighted by Crippen LogP contribution is -1.98. The van der Waals surface area contributed by atoms with Gasteiger partial charge in [0.05, 0.1) is 11.1 Å². The first-order chi connectivity index (χ1) is 8.27. The van der Waals surface area contributed by atoms with Crippen molar-refractivity contribution in [3.8, 4) is 0 Å². The van der Waals surface area contributed by atoms with Gasteiger partial charge in [0.2, 0.25) is 0 Å². The fraction of sp³-hybridized carbons (Fsp3) is 0. The van der Waals surface area contributed by atoms with Crippen LogP contribution in [0, 0.1) is 0 Å². The number of carbonyl (C=O) groups is 1. The van der Waals surface area contributed by atoms with E-state index in [0.717, 1.165) is 16.2 Å². The van der Waals surface area contributed by atoms with E-state index in [-0.39, 0.29) is 5.56 Å². The molecule has 0 aliphatic rings. The zero-order chi connectivity index (χ0) is 11.8. The predicted octanol–water partition coefficient (Wildman–Crippen LogP) is 3.09. The molecule has 1 heterocycles. The molecule has 3 rings (SSSR count). The normalized spacial score (nSPS) is 10.8. The maximum absolute atomic E-state index is 11.1. The van der Waals surface area contributed by atoms with E-state index < -0.39 is 5.97 Å². The molecule has 3 aromatic rings. The number of pyridine rings is 1. The van der Waals surface area contributed by atoms with Gasteiger partial charge in [-0.25, -0.2) is 4.79 Å². The summed E-state index contributed by atoms with van der Waals surface area (Å²) in [5, 5.41) is 12.0. The summed E-state index contributed by atoms with van der Waals surface area (Å²) in [4.78, 5) is 15.4. The average molecular weight is 223 g/mol. The second-order valence-electron chi connectivity index (χ2n) is 3.85. The first kappa shape index (κ1) is 9.78. The van der Waals surface area contributed by atoms with Crippen molar-refractivity contribution < 1.29 is 9.90 Å². The van der Waals surface area contributed by atoms with Gasteiger partial charge in [-0.2, -0.15) is 0 Å². The van der Waals surface area contributed by atoms with Crippen LogP contribution in [0.4, 0.5) is 0 Å². The second kappa shape index (κ2) is 3.56. The highest BCUT2D eigenvalue weighted by molar-refractivity contribution is 6.11. The van der Waals surface area contributed by atoms with E-state index in [1.54, 1.807) is 18.3 Å². The third kappa shape index (κ3) is 1.44. The molecule has 0 aliphatic heterocycles. The molecule has 17 heavy (non-hydrogen) atoms. The molecule has 2 aromatic carbocycles. The van der Waals surface area contributed by atoms with Crippen LogP contribution >= 0.6 is 0 Å². The summed E-state index contributed by atoms with van der Waals surface area (Å²) in [5.41, 5.74) is 0.784. The summed E-state index contributed by atoms with van der Waals surface area (Å²) in [7, 11) is 0. The number of hydrogen-bond donors (Lipinski definition) is 1. The monoisotopic (exact) mass is 223 g/mol. The van der Waals surface area contributed by atoms with E-state index >= 15 is 0 Å². The molecule has 0 saturated carbocycles. The van der Waals surface area contributed by atoms with E-state index in [9.17, 15) is 4.79 Å². The Labute approximate surface area is 97.3 Å². The number of carboxylic acid groups (broad SMARTS) is 1. The lowest BCUT2D eigenvalue weighted by Gasteiger charge is -2.05. The zero-order valence-corrected chi connectivity index (χ0v) is 8.92. The Kier molecular flexibility index (Phi) is 2.05. The second-order valence-corrected chi connectivity index (χ2v) is 3.85. The number of nitrogens with zero attached hydrogens (tertiary/aromatic N) is 1. The van der Waals surface area contributed by atoms with Gasteiger partial charge in [-0.3, -0.25) is 4.98 Å². The minimum atomic E-state index is -0.946. The van der Waals surface area contributed by atoms with Crippen molar-refractivity contribution in [1.29, 1.82) is 0 Å². The molecular weight excluding hydrogens is 214 g/mol. The van der Waals surface area contributed by atoms with Gasteiger partial charge in [-0.05, 0) is 11.5 Å². The van der Waals surface area contributed by atoms with Crippen molar-refractivity contribution in [2.75, 3.05) is 0 Å². The summed E-state index contributed by atoms with van der Waals surface area (Å²) in [6, 6.07) is 13.1. The molecule has 3 heteroatoms. The largest absolute Gasteiger partial charge is 0.478 e. The van der Waals surface area contributed by atoms with Crippen LogP contribution in [0.3, 0.4) is 0 Å². The summed E-state index contributed by atoms with van der Waals surface area (Å²) in [5.74, 6) is -0.946. The van der Waals surface area contributed by atoms with Gasteiger partial charge in [-0.15, -0.1) is 0 Å². The first-order valence-electron chi connectivity index (χ1n) is 5.27. The van der Waals surface area contributed by atoms with E-state index in [1.807, 2.05) is 30.3 Å². The standard InChI is InChI=1S/C14H9NO2/c16-14(17)12-7-3-6-11-10-5-2-1-4-9(10)8-15-13(11)12/h1-8H,(H,16,17). The first-order valence-corrected chi connectivity index (χ1v) is 5.27. The Morgan fingerprint density at radius 3 is 2.59 bits per heavy atom. The molecule has 0 amide bonds. The third-order valence-corrected chi connectivity index (χ3v) is 2.85. The number of para-hydroxylation sites is 1. The van der Waals surface area contributed by atoms with E-state index in [0.29, 0.717) is 5.52 Å². The van der Waals surface area contributed by atoms with Crippen molar-refractivity contribution in [3.63, 3.8) is 0 Å². The quantitative estimate of drug-likeness (QED) is 0.645. The van der Waals surface area contributed by atoms with Crippen molar-refractivity contribution in [3.05, 3.63) is 54.2 Å². The smallest absolute Gasteiger partial charge is 0.337 e. The van der Waals surface area contributed by atoms with Crippen LogP contribution in [-0.2, 0) is 0 Å². The Hall–Kier alpha value is -2.42. The molecule has 82 valence electrons. The van der Waals surface area contributed by atoms with Gasteiger partial charge in [0.25, 0.3) is 0 Å². The molecule has 0 atom stereocenters. The summed E-state index contributed by atoms with van der Waals surface area (Å²) in [6.07, 6.45) is 1.71. The van der Waals surface area contributed by atoms with E-state index in [1.165, 1.54) is 0 Å². The van der Waals surface area contributed by atoms with Crippen LogP contribution in [-0.4, -0.2) is 16.1 Å². The Balaban J connectivity index is 2.52. The molecule has 0 radical (unpaired) electrons. The fourth-order valence-corrected chi connectivity index (χ4v) is 2.06. The Bertz CT molecular complexity index is 734. The van der Waals surface area contributed by atoms with Gasteiger partial charge in [0.1, 0.15) is 0 Å². The number of fused-ring (bicyclic) bond motifs is 3. The number of aromatic nitrogens is 1. The van der Waals surface area contributed by atoms with Gasteiger partial charge in [-0.1, -0.05) is 36.4 Å². The van der Waals surface area contributed by atoms with Gasteiger partial charge >= 0.3 is 5.97 Å². The Morgan fingerprint density at radius 2 is 1.76 bits per heavy atom. The molecule has 1 N–H and O–H groups in total. The number of aromatic carboxylic acids is 1. The zero-order valence-electron chi connectivity index (χ0n) is 8.92.